The smallest absolute Gasteiger partial charge is 0.125 e. The number of hydrogen-bond acceptors (Lipinski definition) is 3. The molecule has 0 saturated heterocycles. The van der Waals surface area contributed by atoms with Crippen LogP contribution in [0.3, 0.4) is 0 Å². The Morgan fingerprint density at radius 3 is 2.76 bits per heavy atom. The summed E-state index contributed by atoms with van der Waals surface area (Å²) in [5.41, 5.74) is 3.24. The van der Waals surface area contributed by atoms with Gasteiger partial charge in [0.2, 0.25) is 0 Å². The number of fused-ring (bicyclic) bond motifs is 1. The third-order valence-electron chi connectivity index (χ3n) is 3.74. The second-order valence-electron chi connectivity index (χ2n) is 5.14. The van der Waals surface area contributed by atoms with E-state index >= 15 is 0 Å². The predicted octanol–water partition coefficient (Wildman–Crippen LogP) is 4.38. The van der Waals surface area contributed by atoms with Crippen LogP contribution < -0.4 is 4.74 Å². The number of benzene rings is 2. The summed E-state index contributed by atoms with van der Waals surface area (Å²) in [4.78, 5) is 1.21. The number of aliphatic hydroxyl groups is 1. The van der Waals surface area contributed by atoms with Crippen LogP contribution in [0.1, 0.15) is 22.8 Å². The Morgan fingerprint density at radius 1 is 1.29 bits per heavy atom. The van der Waals surface area contributed by atoms with E-state index in [9.17, 15) is 5.11 Å². The SMILES string of the molecule is CSc1ccc(C(O)Cc2cc(Br)cc3c2OCC3)cc1. The van der Waals surface area contributed by atoms with Crippen molar-refractivity contribution in [3.63, 3.8) is 0 Å². The van der Waals surface area contributed by atoms with E-state index in [0.717, 1.165) is 34.4 Å². The number of ether oxygens (including phenoxy) is 1. The zero-order chi connectivity index (χ0) is 14.8. The van der Waals surface area contributed by atoms with Gasteiger partial charge in [-0.15, -0.1) is 11.8 Å². The van der Waals surface area contributed by atoms with E-state index in [1.807, 2.05) is 36.6 Å². The van der Waals surface area contributed by atoms with Crippen molar-refractivity contribution in [3.8, 4) is 5.75 Å². The normalized spacial score (nSPS) is 14.6. The molecule has 0 saturated carbocycles. The highest BCUT2D eigenvalue weighted by molar-refractivity contribution is 9.10. The van der Waals surface area contributed by atoms with Gasteiger partial charge >= 0.3 is 0 Å². The maximum absolute atomic E-state index is 10.5. The molecule has 1 aliphatic rings. The highest BCUT2D eigenvalue weighted by Crippen LogP contribution is 2.35. The Balaban J connectivity index is 1.82. The first-order valence-corrected chi connectivity index (χ1v) is 8.95. The third-order valence-corrected chi connectivity index (χ3v) is 4.94. The molecule has 1 aliphatic heterocycles. The second kappa shape index (κ2) is 6.42. The van der Waals surface area contributed by atoms with E-state index in [2.05, 4.69) is 22.0 Å². The van der Waals surface area contributed by atoms with E-state index < -0.39 is 6.10 Å². The van der Waals surface area contributed by atoms with Crippen molar-refractivity contribution < 1.29 is 9.84 Å². The van der Waals surface area contributed by atoms with E-state index in [-0.39, 0.29) is 0 Å². The fourth-order valence-electron chi connectivity index (χ4n) is 2.65. The molecule has 0 aliphatic carbocycles. The van der Waals surface area contributed by atoms with Crippen molar-refractivity contribution in [2.24, 2.45) is 0 Å². The van der Waals surface area contributed by atoms with Gasteiger partial charge in [0.15, 0.2) is 0 Å². The van der Waals surface area contributed by atoms with Gasteiger partial charge in [-0.2, -0.15) is 0 Å². The molecular weight excluding hydrogens is 348 g/mol. The number of halogens is 1. The molecular formula is C17H17BrO2S. The van der Waals surface area contributed by atoms with Crippen LogP contribution in [0.15, 0.2) is 45.8 Å². The highest BCUT2D eigenvalue weighted by atomic mass is 79.9. The molecule has 1 N–H and O–H groups in total. The van der Waals surface area contributed by atoms with Crippen LogP contribution in [0.2, 0.25) is 0 Å². The Hall–Kier alpha value is -0.970. The van der Waals surface area contributed by atoms with Crippen molar-refractivity contribution in [3.05, 3.63) is 57.6 Å². The monoisotopic (exact) mass is 364 g/mol. The summed E-state index contributed by atoms with van der Waals surface area (Å²) in [5.74, 6) is 0.956. The predicted molar refractivity (Wildman–Crippen MR) is 90.2 cm³/mol. The van der Waals surface area contributed by atoms with Gasteiger partial charge in [-0.3, -0.25) is 0 Å². The lowest BCUT2D eigenvalue weighted by Gasteiger charge is -2.14. The minimum Gasteiger partial charge on any atom is -0.493 e. The molecule has 2 aromatic carbocycles. The first-order valence-electron chi connectivity index (χ1n) is 6.93. The van der Waals surface area contributed by atoms with Crippen LogP contribution in [0, 0.1) is 0 Å². The van der Waals surface area contributed by atoms with Gasteiger partial charge in [0.1, 0.15) is 5.75 Å². The lowest BCUT2D eigenvalue weighted by molar-refractivity contribution is 0.177. The van der Waals surface area contributed by atoms with Gasteiger partial charge in [0.05, 0.1) is 12.7 Å². The number of thioether (sulfide) groups is 1. The summed E-state index contributed by atoms with van der Waals surface area (Å²) in [7, 11) is 0. The molecule has 1 atom stereocenters. The molecule has 0 radical (unpaired) electrons. The lowest BCUT2D eigenvalue weighted by Crippen LogP contribution is -2.03. The van der Waals surface area contributed by atoms with Gasteiger partial charge in [0, 0.05) is 22.2 Å². The quantitative estimate of drug-likeness (QED) is 0.816. The maximum Gasteiger partial charge on any atom is 0.125 e. The van der Waals surface area contributed by atoms with Crippen molar-refractivity contribution in [1.82, 2.24) is 0 Å². The van der Waals surface area contributed by atoms with Gasteiger partial charge in [-0.25, -0.2) is 0 Å². The van der Waals surface area contributed by atoms with Crippen LogP contribution in [0.4, 0.5) is 0 Å². The van der Waals surface area contributed by atoms with Crippen LogP contribution in [0.5, 0.6) is 5.75 Å². The Bertz CT molecular complexity index is 640. The summed E-state index contributed by atoms with van der Waals surface area (Å²) in [6, 6.07) is 12.2. The van der Waals surface area contributed by atoms with Gasteiger partial charge in [-0.05, 0) is 47.2 Å². The number of hydrogen-bond donors (Lipinski definition) is 1. The van der Waals surface area contributed by atoms with E-state index in [1.54, 1.807) is 11.8 Å². The second-order valence-corrected chi connectivity index (χ2v) is 6.94. The molecule has 0 spiro atoms. The summed E-state index contributed by atoms with van der Waals surface area (Å²) in [6.45, 7) is 0.733. The van der Waals surface area contributed by atoms with Gasteiger partial charge in [0.25, 0.3) is 0 Å². The number of rotatable bonds is 4. The average Bonchev–Trinajstić information content (AvgIpc) is 2.95. The molecule has 4 heteroatoms. The molecule has 3 rings (SSSR count). The van der Waals surface area contributed by atoms with Crippen molar-refractivity contribution in [1.29, 1.82) is 0 Å². The number of aliphatic hydroxyl groups excluding tert-OH is 1. The Labute approximate surface area is 137 Å². The molecule has 110 valence electrons. The third kappa shape index (κ3) is 3.28. The van der Waals surface area contributed by atoms with E-state index in [1.165, 1.54) is 10.5 Å². The van der Waals surface area contributed by atoms with Crippen molar-refractivity contribution >= 4 is 27.7 Å². The van der Waals surface area contributed by atoms with Crippen LogP contribution in [0.25, 0.3) is 0 Å². The molecule has 2 nitrogen and oxygen atoms in total. The zero-order valence-electron chi connectivity index (χ0n) is 11.8. The summed E-state index contributed by atoms with van der Waals surface area (Å²) in [5, 5.41) is 10.5. The maximum atomic E-state index is 10.5. The molecule has 1 unspecified atom stereocenters. The van der Waals surface area contributed by atoms with Crippen LogP contribution in [-0.4, -0.2) is 18.0 Å². The molecule has 0 amide bonds. The molecule has 1 heterocycles. The van der Waals surface area contributed by atoms with Crippen LogP contribution in [-0.2, 0) is 12.8 Å². The molecule has 21 heavy (non-hydrogen) atoms. The highest BCUT2D eigenvalue weighted by Gasteiger charge is 2.20. The lowest BCUT2D eigenvalue weighted by atomic mass is 9.99. The van der Waals surface area contributed by atoms with Crippen molar-refractivity contribution in [2.75, 3.05) is 12.9 Å². The Kier molecular flexibility index (Phi) is 4.57. The minimum atomic E-state index is -0.511. The molecule has 0 aromatic heterocycles. The standard InChI is InChI=1S/C17H17BrO2S/c1-21-15-4-2-11(3-5-15)16(19)10-13-9-14(18)8-12-6-7-20-17(12)13/h2-5,8-9,16,19H,6-7,10H2,1H3. The van der Waals surface area contributed by atoms with E-state index in [4.69, 9.17) is 4.74 Å². The zero-order valence-corrected chi connectivity index (χ0v) is 14.2. The first kappa shape index (κ1) is 14.9. The summed E-state index contributed by atoms with van der Waals surface area (Å²) in [6.07, 6.45) is 3.05. The molecule has 2 aromatic rings. The van der Waals surface area contributed by atoms with Gasteiger partial charge < -0.3 is 9.84 Å². The first-order chi connectivity index (χ1) is 10.2. The van der Waals surface area contributed by atoms with Crippen LogP contribution >= 0.6 is 27.7 Å². The topological polar surface area (TPSA) is 29.5 Å². The van der Waals surface area contributed by atoms with Crippen molar-refractivity contribution in [2.45, 2.75) is 23.8 Å². The fraction of sp³-hybridized carbons (Fsp3) is 0.294. The Morgan fingerprint density at radius 2 is 2.05 bits per heavy atom. The van der Waals surface area contributed by atoms with Gasteiger partial charge in [-0.1, -0.05) is 28.1 Å². The molecule has 0 bridgehead atoms. The minimum absolute atomic E-state index is 0.511. The fourth-order valence-corrected chi connectivity index (χ4v) is 3.61. The summed E-state index contributed by atoms with van der Waals surface area (Å²) < 4.78 is 6.77. The van der Waals surface area contributed by atoms with E-state index in [0.29, 0.717) is 6.42 Å². The summed E-state index contributed by atoms with van der Waals surface area (Å²) >= 11 is 5.24. The molecule has 0 fully saturated rings. The largest absolute Gasteiger partial charge is 0.493 e. The average molecular weight is 365 g/mol.